The Morgan fingerprint density at radius 3 is 2.32 bits per heavy atom. The predicted molar refractivity (Wildman–Crippen MR) is 200 cm³/mol. The fourth-order valence-corrected chi connectivity index (χ4v) is 7.48. The van der Waals surface area contributed by atoms with E-state index in [2.05, 4.69) is 37.3 Å². The molecule has 0 radical (unpaired) electrons. The van der Waals surface area contributed by atoms with Crippen LogP contribution >= 0.6 is 11.3 Å². The molecule has 0 spiro atoms. The number of aliphatic hydroxyl groups excluding tert-OH is 1. The first kappa shape index (κ1) is 37.1. The molecule has 3 amide bonds. The van der Waals surface area contributed by atoms with Gasteiger partial charge in [-0.25, -0.2) is 4.98 Å². The van der Waals surface area contributed by atoms with Crippen LogP contribution in [0.5, 0.6) is 0 Å². The van der Waals surface area contributed by atoms with Crippen LogP contribution in [0.4, 0.5) is 0 Å². The first-order chi connectivity index (χ1) is 23.7. The Morgan fingerprint density at radius 1 is 0.920 bits per heavy atom. The van der Waals surface area contributed by atoms with Gasteiger partial charge in [-0.2, -0.15) is 0 Å². The molecule has 2 aromatic carbocycles. The Bertz CT molecular complexity index is 1750. The maximum absolute atomic E-state index is 14.1. The summed E-state index contributed by atoms with van der Waals surface area (Å²) in [5.74, 6) is -0.656. The molecule has 1 aliphatic heterocycles. The van der Waals surface area contributed by atoms with Crippen LogP contribution in [0.15, 0.2) is 84.2 Å². The van der Waals surface area contributed by atoms with E-state index in [0.29, 0.717) is 24.9 Å². The third kappa shape index (κ3) is 9.77. The Morgan fingerprint density at radius 2 is 1.64 bits per heavy atom. The number of piperidine rings is 1. The standard InChI is InChI=1S/C40H51N5O4S/c1-39(2,3)35(43-36(47)30-19-18-27-15-10-11-16-29(27)41-30)38(49)42-31(23-26-13-8-7-9-14-26)33(46)25-45-21-20-28(34-17-12-22-50-34)24-32(45)37(48)44-40(4,5)6/h7-19,22,28,31-33,35,46H,20-21,23-25H2,1-6H3,(H,42,49)(H,43,47)(H,44,48)/t28-,31?,32?,33?,35?/m1/s1. The summed E-state index contributed by atoms with van der Waals surface area (Å²) in [6.07, 6.45) is 0.880. The summed E-state index contributed by atoms with van der Waals surface area (Å²) >= 11 is 1.71. The molecule has 266 valence electrons. The van der Waals surface area contributed by atoms with Gasteiger partial charge in [0.15, 0.2) is 0 Å². The number of aliphatic hydroxyl groups is 1. The minimum atomic E-state index is -0.999. The molecular formula is C40H51N5O4S. The summed E-state index contributed by atoms with van der Waals surface area (Å²) in [6.45, 7) is 12.4. The van der Waals surface area contributed by atoms with Crippen molar-refractivity contribution in [2.75, 3.05) is 13.1 Å². The number of pyridine rings is 1. The van der Waals surface area contributed by atoms with Gasteiger partial charge in [0.2, 0.25) is 11.8 Å². The average Bonchev–Trinajstić information content (AvgIpc) is 3.61. The van der Waals surface area contributed by atoms with Crippen LogP contribution in [-0.4, -0.2) is 75.6 Å². The van der Waals surface area contributed by atoms with Gasteiger partial charge in [-0.3, -0.25) is 19.3 Å². The van der Waals surface area contributed by atoms with Crippen molar-refractivity contribution in [1.82, 2.24) is 25.8 Å². The molecule has 9 nitrogen and oxygen atoms in total. The van der Waals surface area contributed by atoms with Crippen molar-refractivity contribution in [3.8, 4) is 0 Å². The fourth-order valence-electron chi connectivity index (χ4n) is 6.60. The first-order valence-electron chi connectivity index (χ1n) is 17.5. The second-order valence-corrected chi connectivity index (χ2v) is 16.5. The lowest BCUT2D eigenvalue weighted by molar-refractivity contribution is -0.131. The maximum atomic E-state index is 14.1. The second kappa shape index (κ2) is 15.8. The second-order valence-electron chi connectivity index (χ2n) is 15.5. The maximum Gasteiger partial charge on any atom is 0.270 e. The molecule has 4 unspecified atom stereocenters. The molecule has 1 saturated heterocycles. The molecule has 3 heterocycles. The van der Waals surface area contributed by atoms with Gasteiger partial charge in [0, 0.05) is 22.3 Å². The van der Waals surface area contributed by atoms with Gasteiger partial charge in [0.1, 0.15) is 11.7 Å². The summed E-state index contributed by atoms with van der Waals surface area (Å²) in [5.41, 5.74) is 0.801. The van der Waals surface area contributed by atoms with Crippen molar-refractivity contribution in [1.29, 1.82) is 0 Å². The molecule has 10 heteroatoms. The average molecular weight is 698 g/mol. The molecule has 50 heavy (non-hydrogen) atoms. The minimum absolute atomic E-state index is 0.0626. The molecule has 0 saturated carbocycles. The molecule has 4 aromatic rings. The molecule has 2 aromatic heterocycles. The van der Waals surface area contributed by atoms with Gasteiger partial charge in [0.05, 0.1) is 23.7 Å². The Hall–Kier alpha value is -4.12. The summed E-state index contributed by atoms with van der Waals surface area (Å²) < 4.78 is 0. The van der Waals surface area contributed by atoms with Crippen LogP contribution in [0.1, 0.15) is 81.2 Å². The highest BCUT2D eigenvalue weighted by Crippen LogP contribution is 2.35. The monoisotopic (exact) mass is 697 g/mol. The van der Waals surface area contributed by atoms with E-state index in [0.717, 1.165) is 17.4 Å². The third-order valence-corrected chi connectivity index (χ3v) is 10.2. The third-order valence-electron chi connectivity index (χ3n) is 9.21. The number of rotatable bonds is 11. The number of thiophene rings is 1. The molecule has 1 fully saturated rings. The van der Waals surface area contributed by atoms with Gasteiger partial charge in [0.25, 0.3) is 5.91 Å². The number of amides is 3. The summed E-state index contributed by atoms with van der Waals surface area (Å²) in [6, 6.07) is 22.9. The number of carbonyl (C=O) groups is 3. The van der Waals surface area contributed by atoms with Crippen molar-refractivity contribution < 1.29 is 19.5 Å². The number of nitrogens with zero attached hydrogens (tertiary/aromatic N) is 2. The lowest BCUT2D eigenvalue weighted by Crippen LogP contribution is -2.60. The van der Waals surface area contributed by atoms with Gasteiger partial charge in [-0.1, -0.05) is 81.4 Å². The van der Waals surface area contributed by atoms with Gasteiger partial charge in [-0.15, -0.1) is 11.3 Å². The largest absolute Gasteiger partial charge is 0.390 e. The highest BCUT2D eigenvalue weighted by molar-refractivity contribution is 7.10. The number of para-hydroxylation sites is 1. The number of nitrogens with one attached hydrogen (secondary N) is 3. The zero-order chi connectivity index (χ0) is 36.1. The van der Waals surface area contributed by atoms with E-state index >= 15 is 0 Å². The van der Waals surface area contributed by atoms with Crippen molar-refractivity contribution in [2.24, 2.45) is 5.41 Å². The lowest BCUT2D eigenvalue weighted by atomic mass is 9.85. The normalized spacial score (nSPS) is 18.9. The topological polar surface area (TPSA) is 124 Å². The van der Waals surface area contributed by atoms with Crippen molar-refractivity contribution in [3.63, 3.8) is 0 Å². The van der Waals surface area contributed by atoms with Crippen LogP contribution in [0.3, 0.4) is 0 Å². The molecule has 0 aliphatic carbocycles. The van der Waals surface area contributed by atoms with Crippen LogP contribution in [0.2, 0.25) is 0 Å². The zero-order valence-electron chi connectivity index (χ0n) is 30.0. The van der Waals surface area contributed by atoms with Crippen LogP contribution in [0.25, 0.3) is 10.9 Å². The quantitative estimate of drug-likeness (QED) is 0.160. The number of fused-ring (bicyclic) bond motifs is 1. The highest BCUT2D eigenvalue weighted by atomic mass is 32.1. The van der Waals surface area contributed by atoms with Crippen molar-refractivity contribution >= 4 is 40.0 Å². The van der Waals surface area contributed by atoms with Gasteiger partial charge < -0.3 is 21.1 Å². The number of carbonyl (C=O) groups excluding carboxylic acids is 3. The molecule has 5 atom stereocenters. The first-order valence-corrected chi connectivity index (χ1v) is 18.3. The lowest BCUT2D eigenvalue weighted by Gasteiger charge is -2.41. The van der Waals surface area contributed by atoms with E-state index in [1.54, 1.807) is 17.4 Å². The van der Waals surface area contributed by atoms with Gasteiger partial charge >= 0.3 is 0 Å². The Labute approximate surface area is 299 Å². The molecule has 0 bridgehead atoms. The predicted octanol–water partition coefficient (Wildman–Crippen LogP) is 5.69. The number of hydrogen-bond acceptors (Lipinski definition) is 7. The van der Waals surface area contributed by atoms with Crippen LogP contribution in [-0.2, 0) is 16.0 Å². The van der Waals surface area contributed by atoms with E-state index < -0.39 is 47.0 Å². The summed E-state index contributed by atoms with van der Waals surface area (Å²) in [4.78, 5) is 49.2. The van der Waals surface area contributed by atoms with Gasteiger partial charge in [-0.05, 0) is 87.1 Å². The number of aromatic nitrogens is 1. The van der Waals surface area contributed by atoms with E-state index in [1.165, 1.54) is 4.88 Å². The smallest absolute Gasteiger partial charge is 0.270 e. The SMILES string of the molecule is CC(C)(C)NC(=O)C1C[C@H](c2cccs2)CCN1CC(O)C(Cc1ccccc1)NC(=O)C(NC(=O)c1ccc2ccccc2n1)C(C)(C)C. The molecule has 1 aliphatic rings. The van der Waals surface area contributed by atoms with E-state index in [1.807, 2.05) is 108 Å². The Balaban J connectivity index is 1.36. The number of β-amino-alcohol motifs (C(OH)–C–C–N with tert-alkyl or cyclic N) is 1. The number of likely N-dealkylation sites (tertiary alicyclic amines) is 1. The van der Waals surface area contributed by atoms with E-state index in [9.17, 15) is 19.5 Å². The Kier molecular flexibility index (Phi) is 11.8. The van der Waals surface area contributed by atoms with E-state index in [-0.39, 0.29) is 24.1 Å². The molecule has 5 rings (SSSR count). The number of hydrogen-bond donors (Lipinski definition) is 4. The zero-order valence-corrected chi connectivity index (χ0v) is 30.8. The van der Waals surface area contributed by atoms with E-state index in [4.69, 9.17) is 0 Å². The number of benzene rings is 2. The molecule has 4 N–H and O–H groups in total. The highest BCUT2D eigenvalue weighted by Gasteiger charge is 2.39. The summed E-state index contributed by atoms with van der Waals surface area (Å²) in [5, 5.41) is 24.1. The summed E-state index contributed by atoms with van der Waals surface area (Å²) in [7, 11) is 0. The van der Waals surface area contributed by atoms with Crippen LogP contribution < -0.4 is 16.0 Å². The minimum Gasteiger partial charge on any atom is -0.390 e. The van der Waals surface area contributed by atoms with Crippen LogP contribution in [0, 0.1) is 5.41 Å². The molecular weight excluding hydrogens is 647 g/mol. The fraction of sp³-hybridized carbons (Fsp3) is 0.450. The van der Waals surface area contributed by atoms with Crippen molar-refractivity contribution in [3.05, 3.63) is 100 Å². The van der Waals surface area contributed by atoms with Crippen molar-refractivity contribution in [2.45, 2.75) is 96.5 Å².